The molecular weight excluding hydrogens is 545 g/mol. The van der Waals surface area contributed by atoms with Gasteiger partial charge in [-0.25, -0.2) is 14.0 Å². The van der Waals surface area contributed by atoms with Crippen LogP contribution >= 0.6 is 15.9 Å². The Kier molecular flexibility index (Phi) is 14.6. The average molecular weight is 583 g/mol. The molecule has 0 radical (unpaired) electrons. The third-order valence-electron chi connectivity index (χ3n) is 5.39. The molecule has 0 fully saturated rings. The first-order valence-electron chi connectivity index (χ1n) is 12.4. The molecule has 6 N–H and O–H groups in total. The van der Waals surface area contributed by atoms with Crippen LogP contribution in [-0.4, -0.2) is 58.4 Å². The van der Waals surface area contributed by atoms with Crippen molar-refractivity contribution in [2.24, 2.45) is 5.73 Å². The lowest BCUT2D eigenvalue weighted by molar-refractivity contribution is 0.0601. The fraction of sp³-hybridized carbons (Fsp3) is 0.462. The summed E-state index contributed by atoms with van der Waals surface area (Å²) in [7, 11) is 1.19. The van der Waals surface area contributed by atoms with E-state index < -0.39 is 17.9 Å². The first-order valence-corrected chi connectivity index (χ1v) is 13.2. The van der Waals surface area contributed by atoms with Crippen molar-refractivity contribution in [2.45, 2.75) is 32.3 Å². The number of amides is 1. The van der Waals surface area contributed by atoms with Crippen LogP contribution in [-0.2, 0) is 16.1 Å². The van der Waals surface area contributed by atoms with E-state index >= 15 is 0 Å². The van der Waals surface area contributed by atoms with Crippen molar-refractivity contribution in [1.82, 2.24) is 10.6 Å². The van der Waals surface area contributed by atoms with Crippen molar-refractivity contribution in [2.75, 3.05) is 57.0 Å². The number of carbonyl (C=O) groups is 2. The van der Waals surface area contributed by atoms with E-state index in [1.807, 2.05) is 24.3 Å². The number of hydrogen-bond acceptors (Lipinski definition) is 8. The predicted octanol–water partition coefficient (Wildman–Crippen LogP) is 4.23. The molecule has 0 aromatic heterocycles. The van der Waals surface area contributed by atoms with Gasteiger partial charge in [0.25, 0.3) is 0 Å². The molecule has 0 bridgehead atoms. The Morgan fingerprint density at radius 1 is 0.919 bits per heavy atom. The molecule has 0 aliphatic heterocycles. The van der Waals surface area contributed by atoms with Gasteiger partial charge < -0.3 is 31.2 Å². The molecule has 2 rings (SSSR count). The van der Waals surface area contributed by atoms with Gasteiger partial charge in [0.05, 0.1) is 24.0 Å². The molecule has 204 valence electrons. The summed E-state index contributed by atoms with van der Waals surface area (Å²) in [6, 6.07) is 9.71. The molecule has 0 aliphatic carbocycles. The Balaban J connectivity index is 1.81. The molecule has 0 aliphatic rings. The highest BCUT2D eigenvalue weighted by atomic mass is 79.9. The summed E-state index contributed by atoms with van der Waals surface area (Å²) in [5, 5.41) is 12.3. The maximum absolute atomic E-state index is 14.6. The summed E-state index contributed by atoms with van der Waals surface area (Å²) in [5.74, 6) is -1.39. The third kappa shape index (κ3) is 11.9. The van der Waals surface area contributed by atoms with Crippen LogP contribution in [0.4, 0.5) is 20.6 Å². The Morgan fingerprint density at radius 3 is 2.22 bits per heavy atom. The van der Waals surface area contributed by atoms with Gasteiger partial charge in [0, 0.05) is 11.0 Å². The Labute approximate surface area is 226 Å². The second-order valence-corrected chi connectivity index (χ2v) is 9.24. The summed E-state index contributed by atoms with van der Waals surface area (Å²) < 4.78 is 25.5. The standard InChI is InChI=1S/C26H37BrFN5O4/c1-36-25(34)21-16-22(28)24(32-15-5-14-31-12-3-2-11-30-13-4-10-29)17-23(21)33-26(35)37-18-19-6-8-20(27)9-7-19/h6-9,16-17,30-32H,2-5,10-15,18,29H2,1H3,(H,33,35). The molecule has 0 atom stereocenters. The highest BCUT2D eigenvalue weighted by Crippen LogP contribution is 2.26. The fourth-order valence-electron chi connectivity index (χ4n) is 3.38. The molecule has 0 saturated carbocycles. The van der Waals surface area contributed by atoms with E-state index in [1.54, 1.807) is 0 Å². The minimum Gasteiger partial charge on any atom is -0.465 e. The maximum Gasteiger partial charge on any atom is 0.411 e. The van der Waals surface area contributed by atoms with Crippen LogP contribution < -0.4 is 27.0 Å². The lowest BCUT2D eigenvalue weighted by atomic mass is 10.1. The number of rotatable bonds is 17. The fourth-order valence-corrected chi connectivity index (χ4v) is 3.64. The molecule has 0 saturated heterocycles. The minimum absolute atomic E-state index is 0.0385. The number of halogens is 2. The zero-order valence-corrected chi connectivity index (χ0v) is 22.8. The summed E-state index contributed by atoms with van der Waals surface area (Å²) >= 11 is 3.35. The maximum atomic E-state index is 14.6. The number of methoxy groups -OCH3 is 1. The average Bonchev–Trinajstić information content (AvgIpc) is 2.90. The SMILES string of the molecule is COC(=O)c1cc(F)c(NCCCNCCCCNCCCN)cc1NC(=O)OCc1ccc(Br)cc1. The van der Waals surface area contributed by atoms with Crippen LogP contribution in [0.3, 0.4) is 0 Å². The number of esters is 1. The molecule has 1 amide bonds. The summed E-state index contributed by atoms with van der Waals surface area (Å²) in [4.78, 5) is 24.5. The lowest BCUT2D eigenvalue weighted by Crippen LogP contribution is -2.22. The molecule has 2 aromatic carbocycles. The van der Waals surface area contributed by atoms with Crippen molar-refractivity contribution >= 4 is 39.4 Å². The van der Waals surface area contributed by atoms with Crippen LogP contribution in [0.1, 0.15) is 41.6 Å². The summed E-state index contributed by atoms with van der Waals surface area (Å²) in [6.45, 7) is 4.89. The lowest BCUT2D eigenvalue weighted by Gasteiger charge is -2.14. The first-order chi connectivity index (χ1) is 17.9. The normalized spacial score (nSPS) is 10.7. The molecule has 0 unspecified atom stereocenters. The van der Waals surface area contributed by atoms with Gasteiger partial charge in [-0.15, -0.1) is 0 Å². The van der Waals surface area contributed by atoms with Gasteiger partial charge in [-0.3, -0.25) is 5.32 Å². The van der Waals surface area contributed by atoms with E-state index in [1.165, 1.54) is 13.2 Å². The van der Waals surface area contributed by atoms with Gasteiger partial charge in [-0.2, -0.15) is 0 Å². The van der Waals surface area contributed by atoms with Crippen molar-refractivity contribution in [3.8, 4) is 0 Å². The highest BCUT2D eigenvalue weighted by molar-refractivity contribution is 9.10. The van der Waals surface area contributed by atoms with Crippen LogP contribution in [0.15, 0.2) is 40.9 Å². The van der Waals surface area contributed by atoms with Gasteiger partial charge >= 0.3 is 12.1 Å². The molecule has 9 nitrogen and oxygen atoms in total. The first kappa shape index (κ1) is 30.5. The molecule has 0 spiro atoms. The molecule has 37 heavy (non-hydrogen) atoms. The third-order valence-corrected chi connectivity index (χ3v) is 5.92. The van der Waals surface area contributed by atoms with Crippen LogP contribution in [0, 0.1) is 5.82 Å². The van der Waals surface area contributed by atoms with Crippen LogP contribution in [0.2, 0.25) is 0 Å². The number of anilines is 2. The smallest absolute Gasteiger partial charge is 0.411 e. The Morgan fingerprint density at radius 2 is 1.57 bits per heavy atom. The summed E-state index contributed by atoms with van der Waals surface area (Å²) in [6.07, 6.45) is 3.15. The zero-order chi connectivity index (χ0) is 26.9. The number of hydrogen-bond donors (Lipinski definition) is 5. The van der Waals surface area contributed by atoms with Gasteiger partial charge in [0.15, 0.2) is 0 Å². The number of nitrogens with one attached hydrogen (secondary N) is 4. The quantitative estimate of drug-likeness (QED) is 0.139. The van der Waals surface area contributed by atoms with Gasteiger partial charge in [-0.05, 0) is 88.2 Å². The zero-order valence-electron chi connectivity index (χ0n) is 21.2. The number of nitrogens with two attached hydrogens (primary N) is 1. The Bertz CT molecular complexity index is 978. The highest BCUT2D eigenvalue weighted by Gasteiger charge is 2.19. The Hall–Kier alpha value is -2.73. The molecule has 11 heteroatoms. The van der Waals surface area contributed by atoms with Crippen LogP contribution in [0.5, 0.6) is 0 Å². The summed E-state index contributed by atoms with van der Waals surface area (Å²) in [5.41, 5.74) is 6.41. The van der Waals surface area contributed by atoms with Gasteiger partial charge in [0.2, 0.25) is 0 Å². The van der Waals surface area contributed by atoms with Gasteiger partial charge in [-0.1, -0.05) is 28.1 Å². The number of benzene rings is 2. The topological polar surface area (TPSA) is 127 Å². The minimum atomic E-state index is -0.774. The van der Waals surface area contributed by atoms with E-state index in [2.05, 4.69) is 37.2 Å². The number of ether oxygens (including phenoxy) is 2. The monoisotopic (exact) mass is 581 g/mol. The van der Waals surface area contributed by atoms with E-state index in [4.69, 9.17) is 15.2 Å². The second kappa shape index (κ2) is 17.7. The van der Waals surface area contributed by atoms with E-state index in [9.17, 15) is 14.0 Å². The second-order valence-electron chi connectivity index (χ2n) is 8.33. The van der Waals surface area contributed by atoms with Crippen molar-refractivity contribution < 1.29 is 23.5 Å². The largest absolute Gasteiger partial charge is 0.465 e. The van der Waals surface area contributed by atoms with Crippen molar-refractivity contribution in [1.29, 1.82) is 0 Å². The number of unbranched alkanes of at least 4 members (excludes halogenated alkanes) is 1. The van der Waals surface area contributed by atoms with Crippen molar-refractivity contribution in [3.63, 3.8) is 0 Å². The number of carbonyl (C=O) groups excluding carboxylic acids is 2. The van der Waals surface area contributed by atoms with Crippen molar-refractivity contribution in [3.05, 3.63) is 57.8 Å². The predicted molar refractivity (Wildman–Crippen MR) is 147 cm³/mol. The molecular formula is C26H37BrFN5O4. The van der Waals surface area contributed by atoms with E-state index in [-0.39, 0.29) is 23.5 Å². The van der Waals surface area contributed by atoms with E-state index in [0.29, 0.717) is 13.1 Å². The van der Waals surface area contributed by atoms with Gasteiger partial charge in [0.1, 0.15) is 12.4 Å². The molecule has 0 heterocycles. The van der Waals surface area contributed by atoms with Crippen LogP contribution in [0.25, 0.3) is 0 Å². The van der Waals surface area contributed by atoms with E-state index in [0.717, 1.165) is 68.0 Å². The molecule has 2 aromatic rings.